The van der Waals surface area contributed by atoms with Crippen molar-refractivity contribution in [3.05, 3.63) is 17.5 Å². The smallest absolute Gasteiger partial charge is 0.0718 e. The highest BCUT2D eigenvalue weighted by molar-refractivity contribution is 5.15. The fourth-order valence-corrected chi connectivity index (χ4v) is 1.71. The number of nitrogens with zero attached hydrogens (tertiary/aromatic N) is 3. The first kappa shape index (κ1) is 12.2. The van der Waals surface area contributed by atoms with Crippen molar-refractivity contribution in [1.82, 2.24) is 14.7 Å². The SMILES string of the molecule is Cc1c(CN(C)CC(C)(C)O)cnn1C. The third-order valence-corrected chi connectivity index (χ3v) is 2.43. The van der Waals surface area contributed by atoms with Gasteiger partial charge in [0, 0.05) is 31.4 Å². The van der Waals surface area contributed by atoms with Crippen molar-refractivity contribution in [3.63, 3.8) is 0 Å². The van der Waals surface area contributed by atoms with Crippen LogP contribution in [-0.4, -0.2) is 39.0 Å². The van der Waals surface area contributed by atoms with E-state index in [1.54, 1.807) is 0 Å². The maximum atomic E-state index is 9.68. The van der Waals surface area contributed by atoms with Gasteiger partial charge >= 0.3 is 0 Å². The molecule has 4 heteroatoms. The zero-order valence-corrected chi connectivity index (χ0v) is 10.3. The van der Waals surface area contributed by atoms with Crippen molar-refractivity contribution in [1.29, 1.82) is 0 Å². The molecule has 0 atom stereocenters. The molecule has 0 unspecified atom stereocenters. The molecule has 0 aliphatic carbocycles. The van der Waals surface area contributed by atoms with Gasteiger partial charge in [-0.05, 0) is 27.8 Å². The van der Waals surface area contributed by atoms with Crippen molar-refractivity contribution in [3.8, 4) is 0 Å². The molecule has 0 spiro atoms. The third-order valence-electron chi connectivity index (χ3n) is 2.43. The van der Waals surface area contributed by atoms with Gasteiger partial charge in [0.25, 0.3) is 0 Å². The Labute approximate surface area is 91.5 Å². The van der Waals surface area contributed by atoms with Gasteiger partial charge in [0.15, 0.2) is 0 Å². The van der Waals surface area contributed by atoms with Crippen LogP contribution in [0, 0.1) is 6.92 Å². The van der Waals surface area contributed by atoms with Crippen LogP contribution < -0.4 is 0 Å². The van der Waals surface area contributed by atoms with Crippen LogP contribution >= 0.6 is 0 Å². The van der Waals surface area contributed by atoms with Crippen molar-refractivity contribution < 1.29 is 5.11 Å². The molecule has 0 saturated carbocycles. The van der Waals surface area contributed by atoms with Gasteiger partial charge < -0.3 is 5.11 Å². The van der Waals surface area contributed by atoms with Gasteiger partial charge in [-0.2, -0.15) is 5.10 Å². The number of likely N-dealkylation sites (N-methyl/N-ethyl adjacent to an activating group) is 1. The molecule has 0 radical (unpaired) electrons. The quantitative estimate of drug-likeness (QED) is 0.805. The Bertz CT molecular complexity index is 325. The van der Waals surface area contributed by atoms with E-state index in [9.17, 15) is 5.11 Å². The van der Waals surface area contributed by atoms with E-state index in [1.165, 1.54) is 11.3 Å². The maximum absolute atomic E-state index is 9.68. The standard InChI is InChI=1S/C11H21N3O/c1-9-10(6-12-14(9)5)7-13(4)8-11(2,3)15/h6,15H,7-8H2,1-5H3. The molecule has 1 aromatic rings. The molecule has 1 heterocycles. The van der Waals surface area contributed by atoms with Crippen LogP contribution in [-0.2, 0) is 13.6 Å². The highest BCUT2D eigenvalue weighted by Crippen LogP contribution is 2.11. The summed E-state index contributed by atoms with van der Waals surface area (Å²) in [5, 5.41) is 13.9. The molecule has 0 fully saturated rings. The lowest BCUT2D eigenvalue weighted by Gasteiger charge is -2.25. The topological polar surface area (TPSA) is 41.3 Å². The van der Waals surface area contributed by atoms with Gasteiger partial charge in [-0.3, -0.25) is 9.58 Å². The second kappa shape index (κ2) is 4.33. The predicted molar refractivity (Wildman–Crippen MR) is 60.6 cm³/mol. The second-order valence-electron chi connectivity index (χ2n) is 4.86. The third kappa shape index (κ3) is 3.64. The summed E-state index contributed by atoms with van der Waals surface area (Å²) in [4.78, 5) is 2.10. The van der Waals surface area contributed by atoms with Crippen molar-refractivity contribution in [2.24, 2.45) is 7.05 Å². The molecule has 86 valence electrons. The van der Waals surface area contributed by atoms with Crippen LogP contribution in [0.2, 0.25) is 0 Å². The second-order valence-corrected chi connectivity index (χ2v) is 4.86. The number of rotatable bonds is 4. The molecule has 0 aliphatic heterocycles. The van der Waals surface area contributed by atoms with Crippen molar-refractivity contribution >= 4 is 0 Å². The molecule has 0 bridgehead atoms. The van der Waals surface area contributed by atoms with Gasteiger partial charge in [-0.25, -0.2) is 0 Å². The Kier molecular flexibility index (Phi) is 3.52. The van der Waals surface area contributed by atoms with Crippen LogP contribution in [0.1, 0.15) is 25.1 Å². The monoisotopic (exact) mass is 211 g/mol. The Morgan fingerprint density at radius 2 is 2.13 bits per heavy atom. The summed E-state index contributed by atoms with van der Waals surface area (Å²) in [5.41, 5.74) is 1.74. The minimum Gasteiger partial charge on any atom is -0.389 e. The molecule has 0 amide bonds. The van der Waals surface area contributed by atoms with Crippen LogP contribution in [0.15, 0.2) is 6.20 Å². The van der Waals surface area contributed by atoms with Crippen LogP contribution in [0.5, 0.6) is 0 Å². The van der Waals surface area contributed by atoms with Gasteiger partial charge in [0.05, 0.1) is 11.8 Å². The van der Waals surface area contributed by atoms with E-state index in [4.69, 9.17) is 0 Å². The van der Waals surface area contributed by atoms with Gasteiger partial charge in [-0.1, -0.05) is 0 Å². The molecule has 15 heavy (non-hydrogen) atoms. The Morgan fingerprint density at radius 1 is 1.53 bits per heavy atom. The molecule has 0 aliphatic rings. The Morgan fingerprint density at radius 3 is 2.53 bits per heavy atom. The number of hydrogen-bond acceptors (Lipinski definition) is 3. The summed E-state index contributed by atoms with van der Waals surface area (Å²) in [5.74, 6) is 0. The van der Waals surface area contributed by atoms with Gasteiger partial charge in [0.1, 0.15) is 0 Å². The fourth-order valence-electron chi connectivity index (χ4n) is 1.71. The predicted octanol–water partition coefficient (Wildman–Crippen LogP) is 0.931. The molecule has 1 rings (SSSR count). The first-order valence-corrected chi connectivity index (χ1v) is 5.18. The molecule has 0 saturated heterocycles. The number of aromatic nitrogens is 2. The fraction of sp³-hybridized carbons (Fsp3) is 0.727. The molecular formula is C11H21N3O. The number of hydrogen-bond donors (Lipinski definition) is 1. The normalized spacial score (nSPS) is 12.5. The lowest BCUT2D eigenvalue weighted by molar-refractivity contribution is 0.0424. The lowest BCUT2D eigenvalue weighted by atomic mass is 10.1. The van der Waals surface area contributed by atoms with Crippen LogP contribution in [0.25, 0.3) is 0 Å². The minimum atomic E-state index is -0.648. The zero-order chi connectivity index (χ0) is 11.6. The summed E-state index contributed by atoms with van der Waals surface area (Å²) in [6.07, 6.45) is 1.89. The first-order chi connectivity index (χ1) is 6.79. The highest BCUT2D eigenvalue weighted by Gasteiger charge is 2.16. The molecule has 4 nitrogen and oxygen atoms in total. The van der Waals surface area contributed by atoms with Crippen molar-refractivity contribution in [2.45, 2.75) is 32.9 Å². The average Bonchev–Trinajstić information content (AvgIpc) is 2.32. The molecule has 1 aromatic heterocycles. The van der Waals surface area contributed by atoms with E-state index in [2.05, 4.69) is 16.9 Å². The van der Waals surface area contributed by atoms with Crippen LogP contribution in [0.3, 0.4) is 0 Å². The zero-order valence-electron chi connectivity index (χ0n) is 10.3. The summed E-state index contributed by atoms with van der Waals surface area (Å²) in [7, 11) is 3.94. The average molecular weight is 211 g/mol. The largest absolute Gasteiger partial charge is 0.389 e. The van der Waals surface area contributed by atoms with E-state index in [0.29, 0.717) is 6.54 Å². The lowest BCUT2D eigenvalue weighted by Crippen LogP contribution is -2.35. The minimum absolute atomic E-state index is 0.648. The summed E-state index contributed by atoms with van der Waals surface area (Å²) in [6.45, 7) is 7.17. The van der Waals surface area contributed by atoms with Crippen molar-refractivity contribution in [2.75, 3.05) is 13.6 Å². The van der Waals surface area contributed by atoms with Gasteiger partial charge in [-0.15, -0.1) is 0 Å². The number of aryl methyl sites for hydroxylation is 1. The number of aliphatic hydroxyl groups is 1. The highest BCUT2D eigenvalue weighted by atomic mass is 16.3. The van der Waals surface area contributed by atoms with E-state index in [1.807, 2.05) is 38.8 Å². The molecule has 0 aromatic carbocycles. The summed E-state index contributed by atoms with van der Waals surface area (Å²) < 4.78 is 1.87. The van der Waals surface area contributed by atoms with E-state index >= 15 is 0 Å². The summed E-state index contributed by atoms with van der Waals surface area (Å²) in [6, 6.07) is 0. The van der Waals surface area contributed by atoms with Gasteiger partial charge in [0.2, 0.25) is 0 Å². The van der Waals surface area contributed by atoms with Crippen LogP contribution in [0.4, 0.5) is 0 Å². The Balaban J connectivity index is 2.59. The molecule has 1 N–H and O–H groups in total. The maximum Gasteiger partial charge on any atom is 0.0718 e. The Hall–Kier alpha value is -0.870. The van der Waals surface area contributed by atoms with E-state index in [-0.39, 0.29) is 0 Å². The summed E-state index contributed by atoms with van der Waals surface area (Å²) >= 11 is 0. The van der Waals surface area contributed by atoms with E-state index in [0.717, 1.165) is 6.54 Å². The van der Waals surface area contributed by atoms with E-state index < -0.39 is 5.60 Å². The molecular weight excluding hydrogens is 190 g/mol. The first-order valence-electron chi connectivity index (χ1n) is 5.18.